The highest BCUT2D eigenvalue weighted by Crippen LogP contribution is 2.31. The van der Waals surface area contributed by atoms with Gasteiger partial charge in [0.25, 0.3) is 5.91 Å². The molecule has 0 aliphatic carbocycles. The number of rotatable bonds is 6. The molecule has 0 saturated carbocycles. The molecule has 0 fully saturated rings. The predicted octanol–water partition coefficient (Wildman–Crippen LogP) is 2.72. The van der Waals surface area contributed by atoms with E-state index in [4.69, 9.17) is 10.5 Å². The molecule has 3 aromatic rings. The second-order valence-corrected chi connectivity index (χ2v) is 6.57. The number of ether oxygens (including phenoxy) is 1. The molecule has 0 saturated heterocycles. The first-order valence-corrected chi connectivity index (χ1v) is 8.99. The number of aromatic nitrogens is 2. The van der Waals surface area contributed by atoms with Crippen molar-refractivity contribution in [3.63, 3.8) is 0 Å². The number of amides is 2. The molecule has 2 aromatic carbocycles. The minimum atomic E-state index is -4.78. The third-order valence-electron chi connectivity index (χ3n) is 4.31. The van der Waals surface area contributed by atoms with E-state index in [9.17, 15) is 27.6 Å². The second kappa shape index (κ2) is 8.46. The maximum absolute atomic E-state index is 13.3. The summed E-state index contributed by atoms with van der Waals surface area (Å²) in [6.45, 7) is 0.502. The largest absolute Gasteiger partial charge is 0.451 e. The first-order valence-electron chi connectivity index (χ1n) is 8.99. The molecule has 3 N–H and O–H groups in total. The second-order valence-electron chi connectivity index (χ2n) is 6.57. The number of anilines is 1. The van der Waals surface area contributed by atoms with Gasteiger partial charge in [-0.05, 0) is 43.3 Å². The van der Waals surface area contributed by atoms with Crippen molar-refractivity contribution >= 4 is 34.5 Å². The molecule has 31 heavy (non-hydrogen) atoms. The first kappa shape index (κ1) is 21.8. The van der Waals surface area contributed by atoms with E-state index in [1.54, 1.807) is 0 Å². The number of carbonyl (C=O) groups is 3. The zero-order valence-electron chi connectivity index (χ0n) is 16.1. The van der Waals surface area contributed by atoms with Crippen molar-refractivity contribution in [3.05, 3.63) is 59.9 Å². The Labute approximate surface area is 173 Å². The molecule has 0 aliphatic heterocycles. The minimum absolute atomic E-state index is 0.0767. The molecule has 0 spiro atoms. The molecule has 162 valence electrons. The summed E-state index contributed by atoms with van der Waals surface area (Å²) in [7, 11) is 0. The Morgan fingerprint density at radius 2 is 1.77 bits per heavy atom. The lowest BCUT2D eigenvalue weighted by molar-refractivity contribution is -0.156. The van der Waals surface area contributed by atoms with Crippen LogP contribution in [0.25, 0.3) is 11.0 Å². The quantitative estimate of drug-likeness (QED) is 0.579. The highest BCUT2D eigenvalue weighted by molar-refractivity contribution is 5.96. The maximum Gasteiger partial charge on any atom is 0.449 e. The van der Waals surface area contributed by atoms with Crippen LogP contribution in [0.1, 0.15) is 23.1 Å². The van der Waals surface area contributed by atoms with Crippen LogP contribution < -0.4 is 11.1 Å². The molecule has 0 radical (unpaired) electrons. The molecule has 11 heteroatoms. The van der Waals surface area contributed by atoms with Crippen molar-refractivity contribution in [2.24, 2.45) is 5.73 Å². The maximum atomic E-state index is 13.3. The van der Waals surface area contributed by atoms with Crippen LogP contribution in [0.3, 0.4) is 0 Å². The molecule has 1 aromatic heterocycles. The van der Waals surface area contributed by atoms with Gasteiger partial charge in [0.1, 0.15) is 6.54 Å². The minimum Gasteiger partial charge on any atom is -0.451 e. The van der Waals surface area contributed by atoms with Gasteiger partial charge >= 0.3 is 12.1 Å². The van der Waals surface area contributed by atoms with Gasteiger partial charge < -0.3 is 20.4 Å². The summed E-state index contributed by atoms with van der Waals surface area (Å²) < 4.78 is 45.7. The van der Waals surface area contributed by atoms with Gasteiger partial charge in [-0.25, -0.2) is 4.98 Å². The topological polar surface area (TPSA) is 116 Å². The predicted molar refractivity (Wildman–Crippen MR) is 104 cm³/mol. The number of hydrogen-bond donors (Lipinski definition) is 2. The zero-order chi connectivity index (χ0) is 22.8. The van der Waals surface area contributed by atoms with Gasteiger partial charge in [0, 0.05) is 11.3 Å². The van der Waals surface area contributed by atoms with Gasteiger partial charge in [0.15, 0.2) is 6.10 Å². The number of hydrogen-bond acceptors (Lipinski definition) is 5. The summed E-state index contributed by atoms with van der Waals surface area (Å²) in [5.41, 5.74) is 5.88. The molecule has 2 amide bonds. The van der Waals surface area contributed by atoms with Crippen molar-refractivity contribution < 1.29 is 32.3 Å². The Hall–Kier alpha value is -3.89. The Balaban J connectivity index is 1.69. The summed E-state index contributed by atoms with van der Waals surface area (Å²) in [4.78, 5) is 39.1. The monoisotopic (exact) mass is 434 g/mol. The molecule has 0 aliphatic rings. The average molecular weight is 434 g/mol. The van der Waals surface area contributed by atoms with Crippen LogP contribution in [0.15, 0.2) is 48.5 Å². The van der Waals surface area contributed by atoms with Crippen molar-refractivity contribution in [1.29, 1.82) is 0 Å². The van der Waals surface area contributed by atoms with E-state index in [2.05, 4.69) is 10.3 Å². The average Bonchev–Trinajstić information content (AvgIpc) is 3.07. The summed E-state index contributed by atoms with van der Waals surface area (Å²) in [5.74, 6) is -3.62. The number of esters is 1. The normalized spacial score (nSPS) is 12.4. The van der Waals surface area contributed by atoms with E-state index in [0.29, 0.717) is 10.3 Å². The summed E-state index contributed by atoms with van der Waals surface area (Å²) >= 11 is 0. The van der Waals surface area contributed by atoms with Gasteiger partial charge in [-0.1, -0.05) is 12.1 Å². The van der Waals surface area contributed by atoms with Gasteiger partial charge in [-0.15, -0.1) is 0 Å². The lowest BCUT2D eigenvalue weighted by Crippen LogP contribution is -2.31. The fourth-order valence-corrected chi connectivity index (χ4v) is 2.83. The van der Waals surface area contributed by atoms with E-state index in [-0.39, 0.29) is 16.6 Å². The molecular formula is C20H17F3N4O4. The van der Waals surface area contributed by atoms with Crippen molar-refractivity contribution in [3.8, 4) is 0 Å². The van der Waals surface area contributed by atoms with E-state index < -0.39 is 42.4 Å². The Kier molecular flexibility index (Phi) is 5.95. The third kappa shape index (κ3) is 5.00. The summed E-state index contributed by atoms with van der Waals surface area (Å²) in [6.07, 6.45) is -6.06. The Morgan fingerprint density at radius 3 is 2.39 bits per heavy atom. The van der Waals surface area contributed by atoms with Crippen LogP contribution in [-0.2, 0) is 27.0 Å². The molecule has 3 rings (SSSR count). The standard InChI is InChI=1S/C20H17F3N4O4/c1-11(18(30)25-13-8-6-12(7-9-13)17(24)29)31-16(28)10-27-15-5-3-2-4-14(15)26-19(27)20(21,22)23/h2-9,11H,10H2,1H3,(H2,24,29)(H,25,30). The number of halogens is 3. The Bertz CT molecular complexity index is 1140. The van der Waals surface area contributed by atoms with Gasteiger partial charge in [-0.3, -0.25) is 14.4 Å². The summed E-state index contributed by atoms with van der Waals surface area (Å²) in [6, 6.07) is 11.5. The van der Waals surface area contributed by atoms with E-state index >= 15 is 0 Å². The number of carbonyl (C=O) groups excluding carboxylic acids is 3. The van der Waals surface area contributed by atoms with Crippen LogP contribution in [0.4, 0.5) is 18.9 Å². The SMILES string of the molecule is CC(OC(=O)Cn1c(C(F)(F)F)nc2ccccc21)C(=O)Nc1ccc(C(N)=O)cc1. The number of benzene rings is 2. The number of fused-ring (bicyclic) bond motifs is 1. The highest BCUT2D eigenvalue weighted by Gasteiger charge is 2.38. The molecule has 8 nitrogen and oxygen atoms in total. The van der Waals surface area contributed by atoms with Crippen LogP contribution >= 0.6 is 0 Å². The van der Waals surface area contributed by atoms with Gasteiger partial charge in [-0.2, -0.15) is 13.2 Å². The lowest BCUT2D eigenvalue weighted by Gasteiger charge is -2.15. The highest BCUT2D eigenvalue weighted by atomic mass is 19.4. The number of nitrogens with two attached hydrogens (primary N) is 1. The third-order valence-corrected chi connectivity index (χ3v) is 4.31. The number of nitrogens with one attached hydrogen (secondary N) is 1. The smallest absolute Gasteiger partial charge is 0.449 e. The zero-order valence-corrected chi connectivity index (χ0v) is 16.1. The van der Waals surface area contributed by atoms with Crippen LogP contribution in [0, 0.1) is 0 Å². The van der Waals surface area contributed by atoms with Crippen molar-refractivity contribution in [1.82, 2.24) is 9.55 Å². The Morgan fingerprint density at radius 1 is 1.13 bits per heavy atom. The van der Waals surface area contributed by atoms with E-state index in [1.807, 2.05) is 0 Å². The first-order chi connectivity index (χ1) is 14.6. The van der Waals surface area contributed by atoms with E-state index in [0.717, 1.165) is 0 Å². The molecular weight excluding hydrogens is 417 g/mol. The molecule has 1 heterocycles. The number of para-hydroxylation sites is 2. The number of imidazole rings is 1. The van der Waals surface area contributed by atoms with Gasteiger partial charge in [0.05, 0.1) is 11.0 Å². The van der Waals surface area contributed by atoms with Crippen molar-refractivity contribution in [2.45, 2.75) is 25.7 Å². The number of primary amides is 1. The van der Waals surface area contributed by atoms with Crippen LogP contribution in [0.5, 0.6) is 0 Å². The summed E-state index contributed by atoms with van der Waals surface area (Å²) in [5, 5.41) is 2.47. The number of alkyl halides is 3. The molecule has 1 unspecified atom stereocenters. The lowest BCUT2D eigenvalue weighted by atomic mass is 10.2. The van der Waals surface area contributed by atoms with Crippen LogP contribution in [0.2, 0.25) is 0 Å². The van der Waals surface area contributed by atoms with Crippen molar-refractivity contribution in [2.75, 3.05) is 5.32 Å². The van der Waals surface area contributed by atoms with Gasteiger partial charge in [0.2, 0.25) is 11.7 Å². The number of nitrogens with zero attached hydrogens (tertiary/aromatic N) is 2. The fourth-order valence-electron chi connectivity index (χ4n) is 2.83. The molecule has 1 atom stereocenters. The van der Waals surface area contributed by atoms with Crippen LogP contribution in [-0.4, -0.2) is 33.4 Å². The van der Waals surface area contributed by atoms with E-state index in [1.165, 1.54) is 55.5 Å². The molecule has 0 bridgehead atoms. The fraction of sp³-hybridized carbons (Fsp3) is 0.200.